The number of fused-ring (bicyclic) bond motifs is 1. The third-order valence-electron chi connectivity index (χ3n) is 6.12. The molecule has 1 aromatic carbocycles. The van der Waals surface area contributed by atoms with Crippen LogP contribution in [0.3, 0.4) is 0 Å². The molecule has 162 valence electrons. The van der Waals surface area contributed by atoms with Crippen LogP contribution in [0.2, 0.25) is 0 Å². The molecule has 31 heavy (non-hydrogen) atoms. The van der Waals surface area contributed by atoms with Gasteiger partial charge in [0.1, 0.15) is 12.4 Å². The van der Waals surface area contributed by atoms with Crippen LogP contribution in [-0.2, 0) is 17.8 Å². The minimum atomic E-state index is -0.141. The molecule has 1 aliphatic rings. The van der Waals surface area contributed by atoms with Gasteiger partial charge in [0, 0.05) is 44.0 Å². The molecule has 4 rings (SSSR count). The second-order valence-electron chi connectivity index (χ2n) is 8.14. The zero-order chi connectivity index (χ0) is 21.6. The number of carbonyl (C=O) groups is 2. The van der Waals surface area contributed by atoms with E-state index in [4.69, 9.17) is 4.98 Å². The molecule has 1 N–H and O–H groups in total. The van der Waals surface area contributed by atoms with Gasteiger partial charge in [-0.15, -0.1) is 0 Å². The van der Waals surface area contributed by atoms with Gasteiger partial charge in [-0.05, 0) is 37.1 Å². The summed E-state index contributed by atoms with van der Waals surface area (Å²) in [5, 5.41) is 2.93. The van der Waals surface area contributed by atoms with Gasteiger partial charge in [-0.25, -0.2) is 4.98 Å². The van der Waals surface area contributed by atoms with Crippen LogP contribution in [0.4, 0.5) is 0 Å². The van der Waals surface area contributed by atoms with Crippen molar-refractivity contribution < 1.29 is 9.59 Å². The summed E-state index contributed by atoms with van der Waals surface area (Å²) < 4.78 is 2.00. The lowest BCUT2D eigenvalue weighted by molar-refractivity contribution is -0.133. The van der Waals surface area contributed by atoms with Gasteiger partial charge in [0.25, 0.3) is 5.91 Å². The Labute approximate surface area is 182 Å². The number of likely N-dealkylation sites (N-methyl/N-ethyl adjacent to an activating group) is 1. The Morgan fingerprint density at radius 2 is 1.84 bits per heavy atom. The molecule has 7 nitrogen and oxygen atoms in total. The second-order valence-corrected chi connectivity index (χ2v) is 8.14. The van der Waals surface area contributed by atoms with Gasteiger partial charge in [0.15, 0.2) is 0 Å². The maximum absolute atomic E-state index is 13.1. The van der Waals surface area contributed by atoms with Gasteiger partial charge in [0.05, 0.1) is 11.0 Å². The third-order valence-corrected chi connectivity index (χ3v) is 6.12. The highest BCUT2D eigenvalue weighted by atomic mass is 16.2. The normalized spacial score (nSPS) is 14.5. The zero-order valence-electron chi connectivity index (χ0n) is 18.0. The summed E-state index contributed by atoms with van der Waals surface area (Å²) >= 11 is 0. The number of benzene rings is 1. The van der Waals surface area contributed by atoms with Crippen molar-refractivity contribution in [1.29, 1.82) is 0 Å². The van der Waals surface area contributed by atoms with Crippen LogP contribution in [-0.4, -0.2) is 50.9 Å². The topological polar surface area (TPSA) is 80.1 Å². The molecule has 1 fully saturated rings. The van der Waals surface area contributed by atoms with Crippen molar-refractivity contribution >= 4 is 22.8 Å². The van der Waals surface area contributed by atoms with Crippen molar-refractivity contribution in [3.63, 3.8) is 0 Å². The Hall–Kier alpha value is -3.22. The first-order valence-corrected chi connectivity index (χ1v) is 11.0. The quantitative estimate of drug-likeness (QED) is 0.638. The molecule has 7 heteroatoms. The molecule has 0 radical (unpaired) electrons. The largest absolute Gasteiger partial charge is 0.352 e. The maximum Gasteiger partial charge on any atom is 0.251 e. The summed E-state index contributed by atoms with van der Waals surface area (Å²) in [6.45, 7) is 0.707. The SMILES string of the molecule is CN(C(=O)Cn1c(CCNC(=O)c2ccncc2)nc2ccccc21)C1CCCCC1. The zero-order valence-corrected chi connectivity index (χ0v) is 18.0. The van der Waals surface area contributed by atoms with E-state index in [1.807, 2.05) is 40.8 Å². The molecule has 0 atom stereocenters. The number of pyridine rings is 1. The fourth-order valence-electron chi connectivity index (χ4n) is 4.30. The minimum Gasteiger partial charge on any atom is -0.352 e. The number of hydrogen-bond acceptors (Lipinski definition) is 4. The van der Waals surface area contributed by atoms with Crippen molar-refractivity contribution in [2.45, 2.75) is 51.1 Å². The van der Waals surface area contributed by atoms with Crippen molar-refractivity contribution in [3.05, 3.63) is 60.2 Å². The highest BCUT2D eigenvalue weighted by molar-refractivity contribution is 5.93. The first-order valence-electron chi connectivity index (χ1n) is 11.0. The van der Waals surface area contributed by atoms with Gasteiger partial charge < -0.3 is 14.8 Å². The number of para-hydroxylation sites is 2. The van der Waals surface area contributed by atoms with E-state index < -0.39 is 0 Å². The predicted molar refractivity (Wildman–Crippen MR) is 120 cm³/mol. The Morgan fingerprint density at radius 1 is 1.10 bits per heavy atom. The van der Waals surface area contributed by atoms with Crippen molar-refractivity contribution in [2.24, 2.45) is 0 Å². The summed E-state index contributed by atoms with van der Waals surface area (Å²) in [6.07, 6.45) is 9.57. The minimum absolute atomic E-state index is 0.108. The molecule has 1 aliphatic carbocycles. The van der Waals surface area contributed by atoms with Crippen LogP contribution in [0.5, 0.6) is 0 Å². The molecule has 3 aromatic rings. The molecule has 0 aliphatic heterocycles. The molecule has 0 saturated heterocycles. The summed E-state index contributed by atoms with van der Waals surface area (Å²) in [6, 6.07) is 11.6. The summed E-state index contributed by atoms with van der Waals surface area (Å²) in [7, 11) is 1.92. The fraction of sp³-hybridized carbons (Fsp3) is 0.417. The molecular weight excluding hydrogens is 390 g/mol. The summed E-state index contributed by atoms with van der Waals surface area (Å²) in [5.41, 5.74) is 2.39. The van der Waals surface area contributed by atoms with E-state index in [1.165, 1.54) is 19.3 Å². The summed E-state index contributed by atoms with van der Waals surface area (Å²) in [5.74, 6) is 0.775. The number of nitrogens with zero attached hydrogens (tertiary/aromatic N) is 4. The number of nitrogens with one attached hydrogen (secondary N) is 1. The van der Waals surface area contributed by atoms with Crippen LogP contribution < -0.4 is 5.32 Å². The smallest absolute Gasteiger partial charge is 0.251 e. The number of amides is 2. The Balaban J connectivity index is 1.46. The van der Waals surface area contributed by atoms with Crippen LogP contribution in [0.1, 0.15) is 48.3 Å². The predicted octanol–water partition coefficient (Wildman–Crippen LogP) is 3.19. The molecule has 2 heterocycles. The molecule has 0 bridgehead atoms. The second kappa shape index (κ2) is 9.73. The lowest BCUT2D eigenvalue weighted by atomic mass is 9.94. The van der Waals surface area contributed by atoms with E-state index in [0.717, 1.165) is 29.7 Å². The van der Waals surface area contributed by atoms with Gasteiger partial charge >= 0.3 is 0 Å². The Morgan fingerprint density at radius 3 is 2.61 bits per heavy atom. The molecule has 0 unspecified atom stereocenters. The number of rotatable bonds is 7. The van der Waals surface area contributed by atoms with E-state index in [2.05, 4.69) is 10.3 Å². The number of carbonyl (C=O) groups excluding carboxylic acids is 2. The molecule has 1 saturated carbocycles. The molecular formula is C24H29N5O2. The van der Waals surface area contributed by atoms with Crippen LogP contribution in [0.25, 0.3) is 11.0 Å². The van der Waals surface area contributed by atoms with Gasteiger partial charge in [-0.3, -0.25) is 14.6 Å². The number of hydrogen-bond donors (Lipinski definition) is 1. The van der Waals surface area contributed by atoms with E-state index >= 15 is 0 Å². The lowest BCUT2D eigenvalue weighted by Crippen LogP contribution is -2.40. The van der Waals surface area contributed by atoms with Crippen LogP contribution in [0.15, 0.2) is 48.8 Å². The van der Waals surface area contributed by atoms with Gasteiger partial charge in [0.2, 0.25) is 5.91 Å². The van der Waals surface area contributed by atoms with Crippen LogP contribution in [0, 0.1) is 0 Å². The van der Waals surface area contributed by atoms with Crippen molar-refractivity contribution in [2.75, 3.05) is 13.6 Å². The first-order chi connectivity index (χ1) is 15.1. The summed E-state index contributed by atoms with van der Waals surface area (Å²) in [4.78, 5) is 36.0. The molecule has 2 aromatic heterocycles. The number of aromatic nitrogens is 3. The highest BCUT2D eigenvalue weighted by Gasteiger charge is 2.23. The first kappa shape index (κ1) is 21.0. The lowest BCUT2D eigenvalue weighted by Gasteiger charge is -2.31. The van der Waals surface area contributed by atoms with E-state index in [9.17, 15) is 9.59 Å². The van der Waals surface area contributed by atoms with Gasteiger partial charge in [-0.1, -0.05) is 31.4 Å². The Kier molecular flexibility index (Phi) is 6.60. The van der Waals surface area contributed by atoms with Gasteiger partial charge in [-0.2, -0.15) is 0 Å². The highest BCUT2D eigenvalue weighted by Crippen LogP contribution is 2.23. The van der Waals surface area contributed by atoms with Crippen molar-refractivity contribution in [1.82, 2.24) is 24.8 Å². The average molecular weight is 420 g/mol. The molecule has 2 amide bonds. The van der Waals surface area contributed by atoms with Crippen LogP contribution >= 0.6 is 0 Å². The van der Waals surface area contributed by atoms with E-state index in [0.29, 0.717) is 24.6 Å². The average Bonchev–Trinajstić information content (AvgIpc) is 3.16. The van der Waals surface area contributed by atoms with E-state index in [1.54, 1.807) is 24.5 Å². The van der Waals surface area contributed by atoms with Crippen molar-refractivity contribution in [3.8, 4) is 0 Å². The Bertz CT molecular complexity index is 1040. The number of imidazole rings is 1. The monoisotopic (exact) mass is 419 g/mol. The third kappa shape index (κ3) is 4.93. The molecule has 0 spiro atoms. The standard InChI is InChI=1S/C24H29N5O2/c1-28(19-7-3-2-4-8-19)23(30)17-29-21-10-6-5-9-20(21)27-22(29)13-16-26-24(31)18-11-14-25-15-12-18/h5-6,9-12,14-15,19H,2-4,7-8,13,16-17H2,1H3,(H,26,31). The fourth-order valence-corrected chi connectivity index (χ4v) is 4.30. The van der Waals surface area contributed by atoms with E-state index in [-0.39, 0.29) is 18.4 Å². The maximum atomic E-state index is 13.1.